The van der Waals surface area contributed by atoms with Gasteiger partial charge in [0.2, 0.25) is 0 Å². The summed E-state index contributed by atoms with van der Waals surface area (Å²) in [5.74, 6) is 0.726. The van der Waals surface area contributed by atoms with E-state index in [0.29, 0.717) is 36.6 Å². The Morgan fingerprint density at radius 3 is 2.60 bits per heavy atom. The maximum atomic E-state index is 12.9. The van der Waals surface area contributed by atoms with Gasteiger partial charge in [0.05, 0.1) is 24.8 Å². The second-order valence-electron chi connectivity index (χ2n) is 7.68. The lowest BCUT2D eigenvalue weighted by Crippen LogP contribution is -2.46. The van der Waals surface area contributed by atoms with Crippen molar-refractivity contribution in [2.24, 2.45) is 0 Å². The van der Waals surface area contributed by atoms with Gasteiger partial charge < -0.3 is 24.4 Å². The number of hydrogen-bond donors (Lipinski definition) is 1. The monoisotopic (exact) mass is 410 g/mol. The maximum absolute atomic E-state index is 12.9. The normalized spacial score (nSPS) is 22.7. The molecular weight excluding hydrogens is 384 g/mol. The average Bonchev–Trinajstić information content (AvgIpc) is 3.32. The molecule has 7 nitrogen and oxygen atoms in total. The molecule has 0 aliphatic carbocycles. The van der Waals surface area contributed by atoms with Crippen LogP contribution in [0.3, 0.4) is 0 Å². The molecule has 0 aromatic heterocycles. The molecule has 0 spiro atoms. The Bertz CT molecular complexity index is 932. The van der Waals surface area contributed by atoms with Gasteiger partial charge in [-0.1, -0.05) is 24.3 Å². The summed E-state index contributed by atoms with van der Waals surface area (Å²) in [6.45, 7) is 4.87. The van der Waals surface area contributed by atoms with E-state index in [1.165, 1.54) is 4.90 Å². The van der Waals surface area contributed by atoms with Gasteiger partial charge in [0.25, 0.3) is 5.91 Å². The predicted molar refractivity (Wildman–Crippen MR) is 111 cm³/mol. The third kappa shape index (κ3) is 3.73. The van der Waals surface area contributed by atoms with E-state index in [4.69, 9.17) is 9.47 Å². The summed E-state index contributed by atoms with van der Waals surface area (Å²) in [7, 11) is 0. The van der Waals surface area contributed by atoms with E-state index in [2.05, 4.69) is 0 Å². The number of β-amino-alcohol motifs (C(OH)–C–C–N with tert-alkyl or cyclic N) is 1. The summed E-state index contributed by atoms with van der Waals surface area (Å²) in [5, 5.41) is 10.7. The van der Waals surface area contributed by atoms with Gasteiger partial charge in [-0.2, -0.15) is 0 Å². The standard InChI is InChI=1S/C23H26N2O5/c1-3-29-20-13-15(2)9-10-19(20)30-23(28)24-12-11-17-21(24)18(26)14-25(17)22(27)16-7-5-4-6-8-16/h4-10,13,17-18,21,26H,3,11-12,14H2,1-2H3. The fourth-order valence-electron chi connectivity index (χ4n) is 4.36. The summed E-state index contributed by atoms with van der Waals surface area (Å²) in [6.07, 6.45) is -0.760. The SMILES string of the molecule is CCOc1cc(C)ccc1OC(=O)N1CCC2C1C(O)CN2C(=O)c1ccccc1. The average molecular weight is 410 g/mol. The highest BCUT2D eigenvalue weighted by atomic mass is 16.6. The molecule has 2 amide bonds. The van der Waals surface area contributed by atoms with Gasteiger partial charge in [0, 0.05) is 18.7 Å². The number of aryl methyl sites for hydroxylation is 1. The van der Waals surface area contributed by atoms with E-state index in [-0.39, 0.29) is 18.5 Å². The van der Waals surface area contributed by atoms with Crippen LogP contribution < -0.4 is 9.47 Å². The third-order valence-electron chi connectivity index (χ3n) is 5.71. The molecule has 2 heterocycles. The molecule has 4 rings (SSSR count). The molecule has 2 saturated heterocycles. The molecule has 3 unspecified atom stereocenters. The van der Waals surface area contributed by atoms with Crippen molar-refractivity contribution >= 4 is 12.0 Å². The first-order valence-corrected chi connectivity index (χ1v) is 10.3. The van der Waals surface area contributed by atoms with Gasteiger partial charge in [-0.3, -0.25) is 4.79 Å². The van der Waals surface area contributed by atoms with E-state index >= 15 is 0 Å². The number of nitrogens with zero attached hydrogens (tertiary/aromatic N) is 2. The van der Waals surface area contributed by atoms with Gasteiger partial charge >= 0.3 is 6.09 Å². The summed E-state index contributed by atoms with van der Waals surface area (Å²) in [5.41, 5.74) is 1.58. The van der Waals surface area contributed by atoms with Crippen molar-refractivity contribution in [3.8, 4) is 11.5 Å². The van der Waals surface area contributed by atoms with E-state index in [0.717, 1.165) is 5.56 Å². The van der Waals surface area contributed by atoms with Crippen LogP contribution in [0.25, 0.3) is 0 Å². The molecule has 158 valence electrons. The molecule has 30 heavy (non-hydrogen) atoms. The fraction of sp³-hybridized carbons (Fsp3) is 0.391. The topological polar surface area (TPSA) is 79.3 Å². The number of benzene rings is 2. The molecular formula is C23H26N2O5. The first-order valence-electron chi connectivity index (χ1n) is 10.3. The Hall–Kier alpha value is -3.06. The molecule has 2 aliphatic rings. The summed E-state index contributed by atoms with van der Waals surface area (Å²) >= 11 is 0. The van der Waals surface area contributed by atoms with Crippen molar-refractivity contribution in [1.82, 2.24) is 9.80 Å². The zero-order valence-corrected chi connectivity index (χ0v) is 17.2. The Kier molecular flexibility index (Phi) is 5.63. The summed E-state index contributed by atoms with van der Waals surface area (Å²) in [6, 6.07) is 13.7. The number of likely N-dealkylation sites (tertiary alicyclic amines) is 2. The van der Waals surface area contributed by atoms with E-state index < -0.39 is 18.2 Å². The van der Waals surface area contributed by atoms with Gasteiger partial charge in [0.1, 0.15) is 0 Å². The quantitative estimate of drug-likeness (QED) is 0.839. The first kappa shape index (κ1) is 20.2. The lowest BCUT2D eigenvalue weighted by molar-refractivity contribution is 0.0712. The number of aliphatic hydroxyl groups excluding tert-OH is 1. The minimum atomic E-state index is -0.818. The molecule has 2 aromatic carbocycles. The number of aliphatic hydroxyl groups is 1. The lowest BCUT2D eigenvalue weighted by atomic mass is 10.1. The van der Waals surface area contributed by atoms with Gasteiger partial charge in [-0.25, -0.2) is 4.79 Å². The minimum absolute atomic E-state index is 0.130. The molecule has 0 bridgehead atoms. The van der Waals surface area contributed by atoms with Crippen molar-refractivity contribution in [1.29, 1.82) is 0 Å². The van der Waals surface area contributed by atoms with Crippen LogP contribution in [-0.4, -0.2) is 64.8 Å². The Labute approximate surface area is 175 Å². The molecule has 1 N–H and O–H groups in total. The van der Waals surface area contributed by atoms with Crippen LogP contribution >= 0.6 is 0 Å². The second kappa shape index (κ2) is 8.36. The van der Waals surface area contributed by atoms with Gasteiger partial charge in [-0.15, -0.1) is 0 Å². The molecule has 3 atom stereocenters. The highest BCUT2D eigenvalue weighted by Crippen LogP contribution is 2.35. The molecule has 2 aromatic rings. The highest BCUT2D eigenvalue weighted by Gasteiger charge is 2.52. The number of rotatable bonds is 4. The van der Waals surface area contributed by atoms with Crippen molar-refractivity contribution in [3.63, 3.8) is 0 Å². The van der Waals surface area contributed by atoms with Crippen LogP contribution in [-0.2, 0) is 0 Å². The Morgan fingerprint density at radius 1 is 1.10 bits per heavy atom. The van der Waals surface area contributed by atoms with Crippen molar-refractivity contribution in [3.05, 3.63) is 59.7 Å². The summed E-state index contributed by atoms with van der Waals surface area (Å²) < 4.78 is 11.2. The van der Waals surface area contributed by atoms with Crippen LogP contribution in [0.2, 0.25) is 0 Å². The van der Waals surface area contributed by atoms with Crippen LogP contribution in [0.5, 0.6) is 11.5 Å². The van der Waals surface area contributed by atoms with E-state index in [1.807, 2.05) is 44.2 Å². The largest absolute Gasteiger partial charge is 0.490 e. The number of hydrogen-bond acceptors (Lipinski definition) is 5. The maximum Gasteiger partial charge on any atom is 0.415 e. The number of ether oxygens (including phenoxy) is 2. The first-order chi connectivity index (χ1) is 14.5. The van der Waals surface area contributed by atoms with E-state index in [1.54, 1.807) is 23.1 Å². The number of carbonyl (C=O) groups is 2. The molecule has 0 saturated carbocycles. The second-order valence-corrected chi connectivity index (χ2v) is 7.68. The zero-order valence-electron chi connectivity index (χ0n) is 17.2. The van der Waals surface area contributed by atoms with Gasteiger partial charge in [0.15, 0.2) is 11.5 Å². The number of amides is 2. The smallest absolute Gasteiger partial charge is 0.415 e. The van der Waals surface area contributed by atoms with Crippen LogP contribution in [0.4, 0.5) is 4.79 Å². The number of fused-ring (bicyclic) bond motifs is 1. The van der Waals surface area contributed by atoms with Crippen molar-refractivity contribution in [2.45, 2.75) is 38.5 Å². The number of carbonyl (C=O) groups excluding carboxylic acids is 2. The fourth-order valence-corrected chi connectivity index (χ4v) is 4.36. The van der Waals surface area contributed by atoms with Crippen LogP contribution in [0.15, 0.2) is 48.5 Å². The van der Waals surface area contributed by atoms with Crippen LogP contribution in [0, 0.1) is 6.92 Å². The lowest BCUT2D eigenvalue weighted by Gasteiger charge is -2.26. The Morgan fingerprint density at radius 2 is 1.87 bits per heavy atom. The summed E-state index contributed by atoms with van der Waals surface area (Å²) in [4.78, 5) is 29.0. The highest BCUT2D eigenvalue weighted by molar-refractivity contribution is 5.94. The van der Waals surface area contributed by atoms with Crippen molar-refractivity contribution in [2.75, 3.05) is 19.7 Å². The molecule has 2 aliphatic heterocycles. The van der Waals surface area contributed by atoms with E-state index in [9.17, 15) is 14.7 Å². The Balaban J connectivity index is 1.50. The zero-order chi connectivity index (χ0) is 21.3. The van der Waals surface area contributed by atoms with Crippen LogP contribution in [0.1, 0.15) is 29.3 Å². The predicted octanol–water partition coefficient (Wildman–Crippen LogP) is 2.85. The minimum Gasteiger partial charge on any atom is -0.490 e. The molecule has 2 fully saturated rings. The van der Waals surface area contributed by atoms with Crippen molar-refractivity contribution < 1.29 is 24.2 Å². The molecule has 7 heteroatoms. The third-order valence-corrected chi connectivity index (χ3v) is 5.71. The molecule has 0 radical (unpaired) electrons. The van der Waals surface area contributed by atoms with Gasteiger partial charge in [-0.05, 0) is 50.1 Å².